The van der Waals surface area contributed by atoms with Crippen LogP contribution in [0.25, 0.3) is 22.3 Å². The van der Waals surface area contributed by atoms with E-state index in [1.165, 1.54) is 10.6 Å². The van der Waals surface area contributed by atoms with Crippen LogP contribution in [0.15, 0.2) is 16.9 Å². The first-order valence-electron chi connectivity index (χ1n) is 13.0. The number of nitrogens with one attached hydrogen (secondary N) is 1. The molecule has 3 atom stereocenters. The number of rotatable bonds is 5. The average Bonchev–Trinajstić information content (AvgIpc) is 3.29. The van der Waals surface area contributed by atoms with Crippen LogP contribution < -0.4 is 10.9 Å². The minimum Gasteiger partial charge on any atom is -0.458 e. The largest absolute Gasteiger partial charge is 0.458 e. The van der Waals surface area contributed by atoms with E-state index in [-0.39, 0.29) is 43.7 Å². The molecule has 3 aliphatic rings. The van der Waals surface area contributed by atoms with Gasteiger partial charge < -0.3 is 29.9 Å². The molecule has 10 nitrogen and oxygen atoms in total. The maximum Gasteiger partial charge on any atom is 0.343 e. The van der Waals surface area contributed by atoms with Crippen molar-refractivity contribution in [1.82, 2.24) is 14.9 Å². The van der Waals surface area contributed by atoms with Crippen LogP contribution in [0, 0.1) is 12.7 Å². The van der Waals surface area contributed by atoms with Crippen LogP contribution >= 0.6 is 0 Å². The first-order valence-corrected chi connectivity index (χ1v) is 13.0. The number of hydrogen-bond donors (Lipinski definition) is 4. The molecule has 2 aromatic heterocycles. The number of benzene rings is 1. The molecule has 11 heteroatoms. The summed E-state index contributed by atoms with van der Waals surface area (Å²) in [5.74, 6) is -1.88. The highest BCUT2D eigenvalue weighted by Crippen LogP contribution is 2.45. The zero-order valence-corrected chi connectivity index (χ0v) is 21.5. The standard InChI is InChI=1S/C28H28FN3O7/c1-3-28(38)16-8-20-24-14(10-32(20)26(36)15(16)11-39-27(28)37)23-18(31-25(35)21(34)6-7-33)5-4-13-12(2)17(29)9-19(30-24)22(13)23/h8-9,18,21,33-34,38H,3-7,10-11H2,1-2H3,(H,31,35)/t18-,21-,28-/m0/s1. The number of aromatic nitrogens is 2. The van der Waals surface area contributed by atoms with Gasteiger partial charge in [-0.2, -0.15) is 0 Å². The van der Waals surface area contributed by atoms with Crippen LogP contribution in [0.3, 0.4) is 0 Å². The van der Waals surface area contributed by atoms with Gasteiger partial charge in [-0.15, -0.1) is 0 Å². The van der Waals surface area contributed by atoms with Gasteiger partial charge in [0, 0.05) is 35.6 Å². The third-order valence-electron chi connectivity index (χ3n) is 8.40. The third kappa shape index (κ3) is 3.56. The minimum absolute atomic E-state index is 0.00308. The number of aliphatic hydroxyl groups is 3. The van der Waals surface area contributed by atoms with Crippen LogP contribution in [0.1, 0.15) is 65.6 Å². The summed E-state index contributed by atoms with van der Waals surface area (Å²) < 4.78 is 21.6. The van der Waals surface area contributed by atoms with Crippen molar-refractivity contribution in [3.05, 3.63) is 61.7 Å². The van der Waals surface area contributed by atoms with E-state index in [0.717, 1.165) is 5.56 Å². The number of carbonyl (C=O) groups is 2. The van der Waals surface area contributed by atoms with Gasteiger partial charge in [0.2, 0.25) is 5.91 Å². The van der Waals surface area contributed by atoms with E-state index in [1.807, 2.05) is 0 Å². The number of cyclic esters (lactones) is 1. The molecular formula is C28H28FN3O7. The molecule has 1 amide bonds. The average molecular weight is 538 g/mol. The molecule has 4 N–H and O–H groups in total. The first kappa shape index (κ1) is 25.6. The first-order chi connectivity index (χ1) is 18.6. The van der Waals surface area contributed by atoms with Crippen molar-refractivity contribution in [1.29, 1.82) is 0 Å². The monoisotopic (exact) mass is 537 g/mol. The summed E-state index contributed by atoms with van der Waals surface area (Å²) in [5, 5.41) is 34.0. The van der Waals surface area contributed by atoms with E-state index in [1.54, 1.807) is 19.9 Å². The fraction of sp³-hybridized carbons (Fsp3) is 0.429. The number of ether oxygens (including phenoxy) is 1. The number of aryl methyl sites for hydroxylation is 1. The smallest absolute Gasteiger partial charge is 0.343 e. The van der Waals surface area contributed by atoms with Crippen LogP contribution in [0.5, 0.6) is 0 Å². The zero-order chi connectivity index (χ0) is 27.8. The van der Waals surface area contributed by atoms with Crippen molar-refractivity contribution in [3.63, 3.8) is 0 Å². The lowest BCUT2D eigenvalue weighted by Crippen LogP contribution is -2.44. The minimum atomic E-state index is -1.98. The Balaban J connectivity index is 1.60. The Labute approximate surface area is 222 Å². The number of aliphatic hydroxyl groups excluding tert-OH is 2. The van der Waals surface area contributed by atoms with Crippen molar-refractivity contribution in [2.24, 2.45) is 0 Å². The van der Waals surface area contributed by atoms with Gasteiger partial charge in [-0.25, -0.2) is 14.2 Å². The lowest BCUT2D eigenvalue weighted by Gasteiger charge is -2.31. The number of pyridine rings is 2. The maximum atomic E-state index is 15.0. The summed E-state index contributed by atoms with van der Waals surface area (Å²) in [6.45, 7) is 2.82. The molecular weight excluding hydrogens is 509 g/mol. The van der Waals surface area contributed by atoms with Gasteiger partial charge in [-0.3, -0.25) is 9.59 Å². The molecule has 0 saturated carbocycles. The van der Waals surface area contributed by atoms with Gasteiger partial charge in [0.25, 0.3) is 5.56 Å². The molecule has 0 fully saturated rings. The predicted octanol–water partition coefficient (Wildman–Crippen LogP) is 1.37. The Bertz CT molecular complexity index is 1650. The molecule has 204 valence electrons. The maximum absolute atomic E-state index is 15.0. The van der Waals surface area contributed by atoms with Crippen LogP contribution in [0.2, 0.25) is 0 Å². The second-order valence-corrected chi connectivity index (χ2v) is 10.4. The molecule has 6 rings (SSSR count). The quantitative estimate of drug-likeness (QED) is 0.279. The summed E-state index contributed by atoms with van der Waals surface area (Å²) in [7, 11) is 0. The summed E-state index contributed by atoms with van der Waals surface area (Å²) >= 11 is 0. The Kier molecular flexibility index (Phi) is 5.87. The highest BCUT2D eigenvalue weighted by Gasteiger charge is 2.46. The highest BCUT2D eigenvalue weighted by molar-refractivity contribution is 5.94. The number of nitrogens with zero attached hydrogens (tertiary/aromatic N) is 2. The fourth-order valence-corrected chi connectivity index (χ4v) is 6.22. The lowest BCUT2D eigenvalue weighted by molar-refractivity contribution is -0.172. The van der Waals surface area contributed by atoms with Gasteiger partial charge in [-0.1, -0.05) is 6.92 Å². The van der Waals surface area contributed by atoms with Crippen LogP contribution in [0.4, 0.5) is 4.39 Å². The summed E-state index contributed by atoms with van der Waals surface area (Å²) in [4.78, 5) is 43.7. The van der Waals surface area contributed by atoms with Gasteiger partial charge in [0.15, 0.2) is 5.60 Å². The van der Waals surface area contributed by atoms with Crippen LogP contribution in [-0.2, 0) is 39.5 Å². The number of fused-ring (bicyclic) bond motifs is 5. The molecule has 2 aliphatic heterocycles. The summed E-state index contributed by atoms with van der Waals surface area (Å²) in [6, 6.07) is 2.37. The van der Waals surface area contributed by atoms with E-state index >= 15 is 0 Å². The molecule has 0 radical (unpaired) electrons. The van der Waals surface area contributed by atoms with Crippen molar-refractivity contribution < 1.29 is 34.0 Å². The number of amides is 1. The van der Waals surface area contributed by atoms with E-state index in [9.17, 15) is 29.0 Å². The molecule has 0 saturated heterocycles. The second kappa shape index (κ2) is 8.94. The zero-order valence-electron chi connectivity index (χ0n) is 21.5. The predicted molar refractivity (Wildman–Crippen MR) is 136 cm³/mol. The Hall–Kier alpha value is -3.67. The molecule has 1 aliphatic carbocycles. The Morgan fingerprint density at radius 1 is 1.31 bits per heavy atom. The van der Waals surface area contributed by atoms with Crippen molar-refractivity contribution in [3.8, 4) is 11.4 Å². The molecule has 0 spiro atoms. The fourth-order valence-electron chi connectivity index (χ4n) is 6.22. The number of halogens is 1. The van der Waals surface area contributed by atoms with Crippen molar-refractivity contribution in [2.45, 2.75) is 70.4 Å². The van der Waals surface area contributed by atoms with Gasteiger partial charge in [0.1, 0.15) is 18.5 Å². The van der Waals surface area contributed by atoms with Gasteiger partial charge >= 0.3 is 5.97 Å². The molecule has 4 heterocycles. The number of carbonyl (C=O) groups excluding carboxylic acids is 2. The molecule has 0 unspecified atom stereocenters. The van der Waals surface area contributed by atoms with E-state index < -0.39 is 41.0 Å². The Morgan fingerprint density at radius 3 is 2.79 bits per heavy atom. The summed E-state index contributed by atoms with van der Waals surface area (Å²) in [6.07, 6.45) is -0.605. The SMILES string of the molecule is CC[C@@]1(O)C(=O)OCc2c1cc1n(c2=O)Cc2c-1nc1cc(F)c(C)c3c1c2[C@@H](NC(=O)[C@@H](O)CCO)CC3. The molecule has 39 heavy (non-hydrogen) atoms. The summed E-state index contributed by atoms with van der Waals surface area (Å²) in [5.41, 5.74) is 1.74. The normalized spacial score (nSPS) is 21.7. The topological polar surface area (TPSA) is 151 Å². The number of esters is 1. The third-order valence-corrected chi connectivity index (χ3v) is 8.40. The van der Waals surface area contributed by atoms with Crippen LogP contribution in [-0.4, -0.2) is 49.5 Å². The van der Waals surface area contributed by atoms with Crippen molar-refractivity contribution in [2.75, 3.05) is 6.61 Å². The molecule has 3 aromatic rings. The molecule has 0 bridgehead atoms. The van der Waals surface area contributed by atoms with Gasteiger partial charge in [0.05, 0.1) is 35.1 Å². The van der Waals surface area contributed by atoms with Gasteiger partial charge in [-0.05, 0) is 48.9 Å². The van der Waals surface area contributed by atoms with E-state index in [4.69, 9.17) is 14.8 Å². The Morgan fingerprint density at radius 2 is 2.08 bits per heavy atom. The molecule has 1 aromatic carbocycles. The van der Waals surface area contributed by atoms with Crippen molar-refractivity contribution >= 4 is 22.8 Å². The lowest BCUT2D eigenvalue weighted by atomic mass is 9.81. The second-order valence-electron chi connectivity index (χ2n) is 10.4. The van der Waals surface area contributed by atoms with E-state index in [2.05, 4.69) is 5.32 Å². The van der Waals surface area contributed by atoms with E-state index in [0.29, 0.717) is 51.8 Å². The number of hydrogen-bond acceptors (Lipinski definition) is 8. The highest BCUT2D eigenvalue weighted by atomic mass is 19.1.